The van der Waals surface area contributed by atoms with Crippen LogP contribution in [-0.4, -0.2) is 181 Å². The van der Waals surface area contributed by atoms with Gasteiger partial charge in [0.15, 0.2) is 5.44 Å². The predicted octanol–water partition coefficient (Wildman–Crippen LogP) is 3.71. The number of methoxy groups -OCH3 is 1. The lowest BCUT2D eigenvalue weighted by Crippen LogP contribution is -2.49. The molecule has 1 saturated heterocycles. The highest BCUT2D eigenvalue weighted by Crippen LogP contribution is 2.16. The number of rotatable bonds is 31. The van der Waals surface area contributed by atoms with Crippen LogP contribution < -0.4 is 0 Å². The Morgan fingerprint density at radius 3 is 1.24 bits per heavy atom. The van der Waals surface area contributed by atoms with E-state index in [4.69, 9.17) is 4.74 Å². The minimum Gasteiger partial charge on any atom is -0.480 e. The molecule has 0 aromatic heterocycles. The predicted molar refractivity (Wildman–Crippen MR) is 211 cm³/mol. The first-order valence-corrected chi connectivity index (χ1v) is 22.1. The maximum Gasteiger partial charge on any atom is 0.317 e. The Balaban J connectivity index is 2.65. The first-order chi connectivity index (χ1) is 25.9. The van der Waals surface area contributed by atoms with Gasteiger partial charge < -0.3 is 30.1 Å². The van der Waals surface area contributed by atoms with Crippen molar-refractivity contribution in [2.24, 2.45) is 0 Å². The molecule has 0 saturated carbocycles. The van der Waals surface area contributed by atoms with Gasteiger partial charge in [0.2, 0.25) is 10.0 Å². The Labute approximate surface area is 326 Å². The third-order valence-corrected chi connectivity index (χ3v) is 12.2. The van der Waals surface area contributed by atoms with Crippen molar-refractivity contribution in [3.05, 3.63) is 0 Å². The second-order valence-electron chi connectivity index (χ2n) is 14.8. The lowest BCUT2D eigenvalue weighted by Gasteiger charge is -2.33. The van der Waals surface area contributed by atoms with E-state index in [2.05, 4.69) is 6.92 Å². The summed E-state index contributed by atoms with van der Waals surface area (Å²) in [6, 6.07) is 0. The number of hydrogen-bond donors (Lipinski definition) is 4. The van der Waals surface area contributed by atoms with Crippen molar-refractivity contribution in [3.8, 4) is 0 Å². The topological polar surface area (TPSA) is 192 Å². The van der Waals surface area contributed by atoms with Crippen molar-refractivity contribution in [2.75, 3.05) is 105 Å². The molecule has 16 heteroatoms. The van der Waals surface area contributed by atoms with Crippen LogP contribution in [0.4, 0.5) is 0 Å². The minimum absolute atomic E-state index is 0.0744. The number of aliphatic hydroxyl groups is 1. The van der Waals surface area contributed by atoms with Crippen LogP contribution in [0, 0.1) is 0 Å². The van der Waals surface area contributed by atoms with E-state index < -0.39 is 33.4 Å². The summed E-state index contributed by atoms with van der Waals surface area (Å²) in [4.78, 5) is 41.6. The molecule has 0 bridgehead atoms. The summed E-state index contributed by atoms with van der Waals surface area (Å²) in [7, 11) is -2.54. The molecule has 15 nitrogen and oxygen atoms in total. The molecule has 4 N–H and O–H groups in total. The summed E-state index contributed by atoms with van der Waals surface area (Å²) in [5.74, 6) is -3.07. The maximum absolute atomic E-state index is 13.6. The van der Waals surface area contributed by atoms with Crippen molar-refractivity contribution in [2.45, 2.75) is 122 Å². The van der Waals surface area contributed by atoms with Crippen molar-refractivity contribution < 1.29 is 48.0 Å². The molecular formula is C38H75N5O10S. The van der Waals surface area contributed by atoms with Gasteiger partial charge in [0, 0.05) is 85.5 Å². The quantitative estimate of drug-likeness (QED) is 0.0743. The fourth-order valence-corrected chi connectivity index (χ4v) is 8.32. The molecule has 0 amide bonds. The van der Waals surface area contributed by atoms with Crippen LogP contribution in [0.25, 0.3) is 0 Å². The molecule has 1 atom stereocenters. The zero-order valence-electron chi connectivity index (χ0n) is 33.6. The molecule has 0 aromatic carbocycles. The van der Waals surface area contributed by atoms with E-state index in [0.717, 1.165) is 19.3 Å². The molecule has 1 heterocycles. The van der Waals surface area contributed by atoms with Gasteiger partial charge in [-0.15, -0.1) is 0 Å². The van der Waals surface area contributed by atoms with E-state index in [1.807, 2.05) is 4.90 Å². The van der Waals surface area contributed by atoms with Gasteiger partial charge in [0.25, 0.3) is 0 Å². The van der Waals surface area contributed by atoms with E-state index in [9.17, 15) is 43.2 Å². The molecule has 1 fully saturated rings. The molecule has 318 valence electrons. The third-order valence-electron chi connectivity index (χ3n) is 10.2. The number of carbonyl (C=O) groups is 3. The zero-order chi connectivity index (χ0) is 40.0. The highest BCUT2D eigenvalue weighted by atomic mass is 32.2. The fourth-order valence-electron chi connectivity index (χ4n) is 6.86. The average Bonchev–Trinajstić information content (AvgIpc) is 3.11. The van der Waals surface area contributed by atoms with Gasteiger partial charge in [-0.25, -0.2) is 8.42 Å². The highest BCUT2D eigenvalue weighted by molar-refractivity contribution is 7.89. The van der Waals surface area contributed by atoms with Gasteiger partial charge in [0.05, 0.1) is 26.2 Å². The summed E-state index contributed by atoms with van der Waals surface area (Å²) >= 11 is 0. The van der Waals surface area contributed by atoms with Crippen molar-refractivity contribution in [1.82, 2.24) is 23.9 Å². The van der Waals surface area contributed by atoms with Gasteiger partial charge in [-0.1, -0.05) is 103 Å². The van der Waals surface area contributed by atoms with Crippen LogP contribution in [0.5, 0.6) is 0 Å². The van der Waals surface area contributed by atoms with Gasteiger partial charge >= 0.3 is 17.9 Å². The molecule has 0 radical (unpaired) electrons. The van der Waals surface area contributed by atoms with Crippen LogP contribution in [0.2, 0.25) is 0 Å². The van der Waals surface area contributed by atoms with E-state index in [1.54, 1.807) is 14.7 Å². The first-order valence-electron chi connectivity index (χ1n) is 20.6. The number of aliphatic hydroxyl groups excluding tert-OH is 1. The minimum atomic E-state index is -4.05. The normalized spacial score (nSPS) is 17.0. The summed E-state index contributed by atoms with van der Waals surface area (Å²) in [5, 5.41) is 39.3. The van der Waals surface area contributed by atoms with E-state index in [1.165, 1.54) is 88.5 Å². The Morgan fingerprint density at radius 1 is 0.574 bits per heavy atom. The zero-order valence-corrected chi connectivity index (χ0v) is 34.4. The summed E-state index contributed by atoms with van der Waals surface area (Å²) in [5.41, 5.74) is -1.65. The van der Waals surface area contributed by atoms with Crippen molar-refractivity contribution in [3.63, 3.8) is 0 Å². The number of carboxylic acids is 3. The molecule has 1 aliphatic rings. The standard InChI is InChI=1S/C38H75N5O10S/c1-3-4-5-6-7-8-9-10-11-12-13-14-15-16-17-18-20-43(30-31-53-2)54(51,52)38(50)19-21-39-22-24-40(32-35(44)45)26-28-42(34-37(48)49)29-27-41(25-23-39)33-36(46)47/h38,50H,3-34H2,1-2H3,(H,44,45)(H,46,47)(H,48,49). The molecule has 1 rings (SSSR count). The second-order valence-corrected chi connectivity index (χ2v) is 16.9. The summed E-state index contributed by atoms with van der Waals surface area (Å²) in [6.45, 7) is 4.85. The Kier molecular flexibility index (Phi) is 28.9. The number of carboxylic acid groups (broad SMARTS) is 3. The number of hydrogen-bond acceptors (Lipinski definition) is 11. The molecule has 0 aromatic rings. The number of unbranched alkanes of at least 4 members (excludes halogenated alkanes) is 15. The lowest BCUT2D eigenvalue weighted by molar-refractivity contribution is -0.140. The van der Waals surface area contributed by atoms with Gasteiger partial charge in [0.1, 0.15) is 0 Å². The number of nitrogens with zero attached hydrogens (tertiary/aromatic N) is 5. The molecule has 54 heavy (non-hydrogen) atoms. The molecular weight excluding hydrogens is 719 g/mol. The average molecular weight is 794 g/mol. The Morgan fingerprint density at radius 2 is 0.907 bits per heavy atom. The first kappa shape index (κ1) is 50.1. The van der Waals surface area contributed by atoms with Crippen LogP contribution in [0.3, 0.4) is 0 Å². The molecule has 1 aliphatic heterocycles. The molecule has 0 aliphatic carbocycles. The highest BCUT2D eigenvalue weighted by Gasteiger charge is 2.30. The summed E-state index contributed by atoms with van der Waals surface area (Å²) < 4.78 is 33.6. The van der Waals surface area contributed by atoms with Crippen LogP contribution in [0.15, 0.2) is 0 Å². The molecule has 0 spiro atoms. The van der Waals surface area contributed by atoms with E-state index in [0.29, 0.717) is 39.1 Å². The number of ether oxygens (including phenoxy) is 1. The van der Waals surface area contributed by atoms with Crippen molar-refractivity contribution in [1.29, 1.82) is 0 Å². The Bertz CT molecular complexity index is 1070. The largest absolute Gasteiger partial charge is 0.480 e. The monoisotopic (exact) mass is 794 g/mol. The van der Waals surface area contributed by atoms with Crippen LogP contribution in [-0.2, 0) is 29.1 Å². The fraction of sp³-hybridized carbons (Fsp3) is 0.921. The smallest absolute Gasteiger partial charge is 0.317 e. The second kappa shape index (κ2) is 31.2. The van der Waals surface area contributed by atoms with E-state index in [-0.39, 0.29) is 71.9 Å². The van der Waals surface area contributed by atoms with Gasteiger partial charge in [-0.2, -0.15) is 4.31 Å². The maximum atomic E-state index is 13.6. The Hall–Kier alpha value is -1.92. The summed E-state index contributed by atoms with van der Waals surface area (Å²) in [6.07, 6.45) is 19.6. The third kappa shape index (κ3) is 25.3. The van der Waals surface area contributed by atoms with Crippen LogP contribution in [0.1, 0.15) is 116 Å². The van der Waals surface area contributed by atoms with Gasteiger partial charge in [-0.05, 0) is 6.42 Å². The molecule has 1 unspecified atom stereocenters. The number of aliphatic carboxylic acids is 3. The van der Waals surface area contributed by atoms with Crippen molar-refractivity contribution >= 4 is 27.9 Å². The number of sulfonamides is 1. The van der Waals surface area contributed by atoms with Crippen LogP contribution >= 0.6 is 0 Å². The van der Waals surface area contributed by atoms with E-state index >= 15 is 0 Å². The van der Waals surface area contributed by atoms with Gasteiger partial charge in [-0.3, -0.25) is 29.1 Å². The lowest BCUT2D eigenvalue weighted by atomic mass is 10.0. The SMILES string of the molecule is CCCCCCCCCCCCCCCCCCN(CCOC)S(=O)(=O)C(O)CCN1CCN(CC(=O)O)CCN(CC(=O)O)CCN(CC(=O)O)CC1.